The number of carbonyl (C=O) groups excluding carboxylic acids is 3. The molecule has 3 fully saturated rings. The molecule has 0 spiro atoms. The van der Waals surface area contributed by atoms with Gasteiger partial charge in [0.25, 0.3) is 0 Å². The van der Waals surface area contributed by atoms with Crippen LogP contribution in [0.25, 0.3) is 10.4 Å². The van der Waals surface area contributed by atoms with Gasteiger partial charge in [0, 0.05) is 43.1 Å². The molecule has 0 radical (unpaired) electrons. The van der Waals surface area contributed by atoms with E-state index in [0.717, 1.165) is 0 Å². The summed E-state index contributed by atoms with van der Waals surface area (Å²) in [7, 11) is 5.35. The van der Waals surface area contributed by atoms with Crippen LogP contribution in [0.4, 0.5) is 4.79 Å². The van der Waals surface area contributed by atoms with E-state index in [2.05, 4.69) is 22.3 Å². The second-order valence-corrected chi connectivity index (χ2v) is 14.9. The lowest BCUT2D eigenvalue weighted by Gasteiger charge is -2.46. The zero-order chi connectivity index (χ0) is 36.8. The van der Waals surface area contributed by atoms with Crippen LogP contribution in [-0.2, 0) is 33.3 Å². The van der Waals surface area contributed by atoms with Crippen LogP contribution in [0.2, 0.25) is 0 Å². The quantitative estimate of drug-likeness (QED) is 0.0895. The Balaban J connectivity index is 2.04. The van der Waals surface area contributed by atoms with Crippen molar-refractivity contribution in [3.8, 4) is 0 Å². The molecule has 280 valence electrons. The third-order valence-electron chi connectivity index (χ3n) is 10.8. The Morgan fingerprint density at radius 2 is 1.84 bits per heavy atom. The Kier molecular flexibility index (Phi) is 14.3. The fourth-order valence-electron chi connectivity index (χ4n) is 8.02. The molecule has 0 bridgehead atoms. The number of ketones is 1. The number of nitrogens with one attached hydrogen (secondary N) is 1. The number of rotatable bonds is 9. The second-order valence-electron chi connectivity index (χ2n) is 14.9. The lowest BCUT2D eigenvalue weighted by Crippen LogP contribution is -2.61. The molecule has 0 aliphatic carbocycles. The predicted octanol–water partition coefficient (Wildman–Crippen LogP) is 3.66. The highest BCUT2D eigenvalue weighted by Crippen LogP contribution is 2.40. The van der Waals surface area contributed by atoms with Crippen molar-refractivity contribution < 1.29 is 43.2 Å². The number of Topliss-reactive ketones (excluding diaryl/α,β-unsaturated/α-hetero) is 1. The van der Waals surface area contributed by atoms with E-state index in [4.69, 9.17) is 29.2 Å². The fourth-order valence-corrected chi connectivity index (χ4v) is 8.02. The molecule has 3 rings (SSSR count). The van der Waals surface area contributed by atoms with Crippen molar-refractivity contribution in [3.63, 3.8) is 0 Å². The van der Waals surface area contributed by atoms with E-state index >= 15 is 0 Å². The molecule has 0 aromatic rings. The van der Waals surface area contributed by atoms with Gasteiger partial charge in [-0.1, -0.05) is 25.9 Å². The molecule has 3 saturated heterocycles. The molecule has 15 nitrogen and oxygen atoms in total. The SMILES string of the molecule is CC[C@H]1OC(=O)[C@H](C)C(=O)[C@@H](C)[C@@H](O[C@@H]2OC(C)CC(N(C)C)C2O)[C@](C)(OC)C[C@@H](C)CN[C@H](C)[C@H]2N(CCCN=[N+]=[N-])C(=O)O[C@]12C. The minimum atomic E-state index is -1.25. The number of cyclic esters (lactones) is 1. The maximum absolute atomic E-state index is 14.2. The molecule has 3 aliphatic heterocycles. The average molecular weight is 697 g/mol. The van der Waals surface area contributed by atoms with Gasteiger partial charge >= 0.3 is 12.1 Å². The van der Waals surface area contributed by atoms with Crippen LogP contribution in [-0.4, -0.2) is 134 Å². The van der Waals surface area contributed by atoms with Crippen molar-refractivity contribution in [2.24, 2.45) is 22.9 Å². The first kappa shape index (κ1) is 40.9. The van der Waals surface area contributed by atoms with Crippen molar-refractivity contribution in [1.82, 2.24) is 15.1 Å². The standard InChI is InChI=1S/C34H60N6O9/c1-12-25-34(8)28(40(32(44)49-34)15-13-14-37-38-35)23(6)36-18-19(2)17-33(7,45-11)29(21(4)26(41)22(5)30(43)47-25)48-31-27(42)24(39(9)10)16-20(3)46-31/h19-25,27-29,31,36,42H,12-18H2,1-11H3/t19-,20?,21-,22-,23-,24?,25-,27?,28-,29-,31+,33-,34-/m1/s1. The molecule has 1 amide bonds. The summed E-state index contributed by atoms with van der Waals surface area (Å²) in [6, 6.07) is -1.09. The molecule has 3 heterocycles. The van der Waals surface area contributed by atoms with E-state index in [1.54, 1.807) is 25.9 Å². The summed E-state index contributed by atoms with van der Waals surface area (Å²) in [4.78, 5) is 47.7. The number of fused-ring (bicyclic) bond motifs is 1. The lowest BCUT2D eigenvalue weighted by molar-refractivity contribution is -0.295. The van der Waals surface area contributed by atoms with Crippen molar-refractivity contribution >= 4 is 17.8 Å². The molecule has 15 heteroatoms. The molecule has 0 aromatic heterocycles. The topological polar surface area (TPSA) is 185 Å². The van der Waals surface area contributed by atoms with E-state index in [-0.39, 0.29) is 37.2 Å². The van der Waals surface area contributed by atoms with E-state index < -0.39 is 71.5 Å². The summed E-state index contributed by atoms with van der Waals surface area (Å²) in [5, 5.41) is 18.5. The number of carbonyl (C=O) groups is 3. The lowest BCUT2D eigenvalue weighted by atomic mass is 9.78. The molecule has 2 N–H and O–H groups in total. The Labute approximate surface area is 291 Å². The van der Waals surface area contributed by atoms with Gasteiger partial charge in [0.05, 0.1) is 23.9 Å². The zero-order valence-corrected chi connectivity index (χ0v) is 31.2. The Bertz CT molecular complexity index is 1200. The molecule has 3 aliphatic rings. The van der Waals surface area contributed by atoms with Crippen molar-refractivity contribution in [1.29, 1.82) is 0 Å². The third-order valence-corrected chi connectivity index (χ3v) is 10.8. The first-order valence-corrected chi connectivity index (χ1v) is 17.6. The van der Waals surface area contributed by atoms with Gasteiger partial charge in [0.2, 0.25) is 0 Å². The highest BCUT2D eigenvalue weighted by Gasteiger charge is 2.58. The molecule has 3 unspecified atom stereocenters. The number of aliphatic hydroxyl groups is 1. The largest absolute Gasteiger partial charge is 0.458 e. The van der Waals surface area contributed by atoms with Crippen molar-refractivity contribution in [3.05, 3.63) is 10.4 Å². The van der Waals surface area contributed by atoms with Crippen LogP contribution in [0.1, 0.15) is 81.1 Å². The maximum atomic E-state index is 14.2. The molecule has 13 atom stereocenters. The number of methoxy groups -OCH3 is 1. The second kappa shape index (κ2) is 17.1. The third kappa shape index (κ3) is 9.05. The van der Waals surface area contributed by atoms with Gasteiger partial charge in [-0.25, -0.2) is 4.79 Å². The first-order valence-electron chi connectivity index (χ1n) is 17.6. The van der Waals surface area contributed by atoms with E-state index in [0.29, 0.717) is 32.2 Å². The fraction of sp³-hybridized carbons (Fsp3) is 0.912. The van der Waals surface area contributed by atoms with Gasteiger partial charge in [-0.2, -0.15) is 0 Å². The Morgan fingerprint density at radius 1 is 1.16 bits per heavy atom. The maximum Gasteiger partial charge on any atom is 0.410 e. The zero-order valence-electron chi connectivity index (χ0n) is 31.2. The van der Waals surface area contributed by atoms with Gasteiger partial charge in [0.15, 0.2) is 17.7 Å². The summed E-state index contributed by atoms with van der Waals surface area (Å²) >= 11 is 0. The van der Waals surface area contributed by atoms with Gasteiger partial charge < -0.3 is 39.0 Å². The minimum absolute atomic E-state index is 0.0171. The Hall–Kier alpha value is -2.52. The average Bonchev–Trinajstić information content (AvgIpc) is 3.31. The number of ether oxygens (including phenoxy) is 5. The summed E-state index contributed by atoms with van der Waals surface area (Å²) in [5.74, 6) is -3.20. The monoisotopic (exact) mass is 696 g/mol. The van der Waals surface area contributed by atoms with Gasteiger partial charge in [0.1, 0.15) is 18.1 Å². The predicted molar refractivity (Wildman–Crippen MR) is 181 cm³/mol. The van der Waals surface area contributed by atoms with Gasteiger partial charge in [-0.3, -0.25) is 14.5 Å². The van der Waals surface area contributed by atoms with Crippen LogP contribution in [0, 0.1) is 17.8 Å². The van der Waals surface area contributed by atoms with Crippen molar-refractivity contribution in [2.45, 2.75) is 141 Å². The number of likely N-dealkylation sites (N-methyl/N-ethyl adjacent to an activating group) is 1. The van der Waals surface area contributed by atoms with Crippen LogP contribution in [0.15, 0.2) is 5.11 Å². The molecule has 49 heavy (non-hydrogen) atoms. The number of esters is 1. The Morgan fingerprint density at radius 3 is 2.43 bits per heavy atom. The number of aliphatic hydroxyl groups excluding tert-OH is 1. The van der Waals surface area contributed by atoms with E-state index in [1.165, 1.54) is 6.92 Å². The van der Waals surface area contributed by atoms with E-state index in [9.17, 15) is 19.5 Å². The minimum Gasteiger partial charge on any atom is -0.458 e. The van der Waals surface area contributed by atoms with Crippen molar-refractivity contribution in [2.75, 3.05) is 40.8 Å². The summed E-state index contributed by atoms with van der Waals surface area (Å²) in [5.41, 5.74) is 6.45. The highest BCUT2D eigenvalue weighted by molar-refractivity contribution is 6.00. The molecular formula is C34H60N6O9. The number of nitrogens with zero attached hydrogens (tertiary/aromatic N) is 5. The summed E-state index contributed by atoms with van der Waals surface area (Å²) < 4.78 is 31.0. The number of hydrogen-bond donors (Lipinski definition) is 2. The van der Waals surface area contributed by atoms with Crippen LogP contribution in [0.3, 0.4) is 0 Å². The smallest absolute Gasteiger partial charge is 0.410 e. The molecule has 0 aromatic carbocycles. The number of hydrogen-bond acceptors (Lipinski definition) is 12. The van der Waals surface area contributed by atoms with Crippen LogP contribution >= 0.6 is 0 Å². The molecular weight excluding hydrogens is 636 g/mol. The van der Waals surface area contributed by atoms with Crippen LogP contribution < -0.4 is 5.32 Å². The normalized spacial score (nSPS) is 41.3. The van der Waals surface area contributed by atoms with E-state index in [1.807, 2.05) is 46.7 Å². The summed E-state index contributed by atoms with van der Waals surface area (Å²) in [6.07, 6.45) is -2.73. The number of amides is 1. The summed E-state index contributed by atoms with van der Waals surface area (Å²) in [6.45, 7) is 15.7. The highest BCUT2D eigenvalue weighted by atomic mass is 16.7. The van der Waals surface area contributed by atoms with Gasteiger partial charge in [-0.05, 0) is 92.4 Å². The first-order chi connectivity index (χ1) is 22.9. The number of azide groups is 1. The van der Waals surface area contributed by atoms with Gasteiger partial charge in [-0.15, -0.1) is 0 Å². The molecule has 0 saturated carbocycles. The van der Waals surface area contributed by atoms with Crippen LogP contribution in [0.5, 0.6) is 0 Å².